The predicted octanol–water partition coefficient (Wildman–Crippen LogP) is 4.02. The lowest BCUT2D eigenvalue weighted by Gasteiger charge is -2.21. The largest absolute Gasteiger partial charge is 0.481 e. The van der Waals surface area contributed by atoms with Crippen molar-refractivity contribution < 1.29 is 14.6 Å². The molecule has 0 bridgehead atoms. The molecule has 0 spiro atoms. The molecule has 0 aliphatic carbocycles. The van der Waals surface area contributed by atoms with Crippen LogP contribution in [0, 0.1) is 0 Å². The van der Waals surface area contributed by atoms with Gasteiger partial charge in [0.25, 0.3) is 0 Å². The van der Waals surface area contributed by atoms with Gasteiger partial charge in [0.15, 0.2) is 5.82 Å². The van der Waals surface area contributed by atoms with E-state index in [0.717, 1.165) is 22.4 Å². The van der Waals surface area contributed by atoms with Crippen LogP contribution in [0.25, 0.3) is 11.4 Å². The van der Waals surface area contributed by atoms with Gasteiger partial charge >= 0.3 is 5.97 Å². The summed E-state index contributed by atoms with van der Waals surface area (Å²) in [6.07, 6.45) is 0.628. The van der Waals surface area contributed by atoms with Gasteiger partial charge in [0.1, 0.15) is 10.8 Å². The summed E-state index contributed by atoms with van der Waals surface area (Å²) in [6, 6.07) is 17.4. The molecule has 5 nitrogen and oxygen atoms in total. The number of carboxylic acid groups (broad SMARTS) is 1. The van der Waals surface area contributed by atoms with Crippen LogP contribution in [0.15, 0.2) is 59.6 Å². The zero-order valence-corrected chi connectivity index (χ0v) is 14.0. The normalized spacial score (nSPS) is 12.0. The molecule has 1 aliphatic rings. The molecule has 25 heavy (non-hydrogen) atoms. The third-order valence-electron chi connectivity index (χ3n) is 3.84. The summed E-state index contributed by atoms with van der Waals surface area (Å²) in [4.78, 5) is 20.2. The topological polar surface area (TPSA) is 72.3 Å². The lowest BCUT2D eigenvalue weighted by Crippen LogP contribution is -2.10. The molecule has 2 heterocycles. The average molecular weight is 350 g/mol. The van der Waals surface area contributed by atoms with Crippen molar-refractivity contribution in [1.29, 1.82) is 0 Å². The Balaban J connectivity index is 1.80. The highest BCUT2D eigenvalue weighted by atomic mass is 32.2. The molecule has 0 amide bonds. The Hall–Kier alpha value is -2.86. The van der Waals surface area contributed by atoms with Crippen LogP contribution in [0.5, 0.6) is 11.6 Å². The third-order valence-corrected chi connectivity index (χ3v) is 4.84. The third kappa shape index (κ3) is 3.21. The minimum Gasteiger partial charge on any atom is -0.481 e. The van der Waals surface area contributed by atoms with Crippen molar-refractivity contribution in [2.75, 3.05) is 5.75 Å². The number of para-hydroxylation sites is 1. The second kappa shape index (κ2) is 6.57. The van der Waals surface area contributed by atoms with Gasteiger partial charge < -0.3 is 9.84 Å². The molecule has 6 heteroatoms. The first-order chi connectivity index (χ1) is 12.2. The first kappa shape index (κ1) is 15.7. The fourth-order valence-electron chi connectivity index (χ4n) is 2.69. The van der Waals surface area contributed by atoms with E-state index in [-0.39, 0.29) is 5.75 Å². The Bertz CT molecular complexity index is 945. The summed E-state index contributed by atoms with van der Waals surface area (Å²) < 4.78 is 5.98. The van der Waals surface area contributed by atoms with E-state index in [4.69, 9.17) is 9.84 Å². The van der Waals surface area contributed by atoms with Crippen molar-refractivity contribution in [2.24, 2.45) is 0 Å². The van der Waals surface area contributed by atoms with Crippen LogP contribution >= 0.6 is 11.8 Å². The number of thioether (sulfide) groups is 1. The van der Waals surface area contributed by atoms with Crippen LogP contribution in [0.2, 0.25) is 0 Å². The van der Waals surface area contributed by atoms with Gasteiger partial charge in [-0.15, -0.1) is 0 Å². The minimum absolute atomic E-state index is 0.0562. The first-order valence-electron chi connectivity index (χ1n) is 7.77. The van der Waals surface area contributed by atoms with Crippen molar-refractivity contribution in [3.63, 3.8) is 0 Å². The number of fused-ring (bicyclic) bond motifs is 2. The van der Waals surface area contributed by atoms with E-state index >= 15 is 0 Å². The van der Waals surface area contributed by atoms with Gasteiger partial charge in [-0.2, -0.15) is 4.98 Å². The number of nitrogens with zero attached hydrogens (tertiary/aromatic N) is 2. The number of rotatable bonds is 4. The molecule has 1 aliphatic heterocycles. The second-order valence-corrected chi connectivity index (χ2v) is 6.54. The fraction of sp³-hybridized carbons (Fsp3) is 0.105. The maximum atomic E-state index is 11.0. The van der Waals surface area contributed by atoms with E-state index in [1.54, 1.807) is 0 Å². The molecule has 0 fully saturated rings. The maximum absolute atomic E-state index is 11.0. The molecule has 0 radical (unpaired) electrons. The molecule has 4 rings (SSSR count). The van der Waals surface area contributed by atoms with E-state index in [2.05, 4.69) is 9.97 Å². The molecule has 0 saturated heterocycles. The molecule has 1 aromatic heterocycles. The van der Waals surface area contributed by atoms with Crippen LogP contribution in [-0.4, -0.2) is 26.8 Å². The molecular weight excluding hydrogens is 336 g/mol. The Morgan fingerprint density at radius 3 is 2.64 bits per heavy atom. The fourth-order valence-corrected chi connectivity index (χ4v) is 3.43. The number of hydrogen-bond donors (Lipinski definition) is 1. The Kier molecular flexibility index (Phi) is 4.11. The van der Waals surface area contributed by atoms with Gasteiger partial charge in [-0.05, 0) is 11.6 Å². The van der Waals surface area contributed by atoms with E-state index in [1.807, 2.05) is 54.6 Å². The van der Waals surface area contributed by atoms with Crippen molar-refractivity contribution in [2.45, 2.75) is 11.4 Å². The molecule has 2 aromatic carbocycles. The highest BCUT2D eigenvalue weighted by Gasteiger charge is 2.24. The number of carboxylic acids is 1. The molecular formula is C19H14N2O3S. The first-order valence-corrected chi connectivity index (χ1v) is 8.76. The summed E-state index contributed by atoms with van der Waals surface area (Å²) in [6.45, 7) is 0. The lowest BCUT2D eigenvalue weighted by atomic mass is 10.0. The van der Waals surface area contributed by atoms with E-state index in [0.29, 0.717) is 23.2 Å². The van der Waals surface area contributed by atoms with Gasteiger partial charge in [0.05, 0.1) is 11.3 Å². The minimum atomic E-state index is -0.879. The van der Waals surface area contributed by atoms with Crippen molar-refractivity contribution in [3.05, 3.63) is 65.7 Å². The molecule has 3 aromatic rings. The highest BCUT2D eigenvalue weighted by molar-refractivity contribution is 7.99. The predicted molar refractivity (Wildman–Crippen MR) is 95.1 cm³/mol. The zero-order chi connectivity index (χ0) is 17.2. The molecule has 0 atom stereocenters. The monoisotopic (exact) mass is 350 g/mol. The van der Waals surface area contributed by atoms with Gasteiger partial charge in [0, 0.05) is 12.0 Å². The molecule has 0 saturated carbocycles. The van der Waals surface area contributed by atoms with Crippen LogP contribution in [0.1, 0.15) is 11.1 Å². The van der Waals surface area contributed by atoms with Crippen LogP contribution in [-0.2, 0) is 11.2 Å². The molecule has 1 N–H and O–H groups in total. The van der Waals surface area contributed by atoms with Gasteiger partial charge in [0.2, 0.25) is 5.88 Å². The summed E-state index contributed by atoms with van der Waals surface area (Å²) in [5, 5.41) is 9.68. The van der Waals surface area contributed by atoms with Crippen molar-refractivity contribution in [3.8, 4) is 23.0 Å². The van der Waals surface area contributed by atoms with Gasteiger partial charge in [-0.3, -0.25) is 4.79 Å². The zero-order valence-electron chi connectivity index (χ0n) is 13.2. The van der Waals surface area contributed by atoms with Crippen LogP contribution in [0.4, 0.5) is 0 Å². The number of hydrogen-bond acceptors (Lipinski definition) is 5. The number of aliphatic carboxylic acids is 1. The standard InChI is InChI=1S/C19H14N2O3S/c22-16(23)11-25-19-14-10-13-8-4-5-9-15(13)24-18(14)20-17(21-19)12-6-2-1-3-7-12/h1-9H,10-11H2,(H,22,23). The van der Waals surface area contributed by atoms with Gasteiger partial charge in [-0.25, -0.2) is 4.98 Å². The van der Waals surface area contributed by atoms with Crippen molar-refractivity contribution >= 4 is 17.7 Å². The summed E-state index contributed by atoms with van der Waals surface area (Å²) in [7, 11) is 0. The quantitative estimate of drug-likeness (QED) is 0.443. The molecule has 124 valence electrons. The maximum Gasteiger partial charge on any atom is 0.313 e. The van der Waals surface area contributed by atoms with Gasteiger partial charge in [-0.1, -0.05) is 60.3 Å². The Morgan fingerprint density at radius 2 is 1.84 bits per heavy atom. The Morgan fingerprint density at radius 1 is 1.08 bits per heavy atom. The summed E-state index contributed by atoms with van der Waals surface area (Å²) >= 11 is 1.20. The number of benzene rings is 2. The lowest BCUT2D eigenvalue weighted by molar-refractivity contribution is -0.133. The summed E-state index contributed by atoms with van der Waals surface area (Å²) in [5.41, 5.74) is 2.75. The van der Waals surface area contributed by atoms with E-state index in [9.17, 15) is 4.79 Å². The highest BCUT2D eigenvalue weighted by Crippen LogP contribution is 2.40. The Labute approximate surface area is 148 Å². The van der Waals surface area contributed by atoms with Crippen LogP contribution in [0.3, 0.4) is 0 Å². The average Bonchev–Trinajstić information content (AvgIpc) is 2.65. The van der Waals surface area contributed by atoms with Crippen molar-refractivity contribution in [1.82, 2.24) is 9.97 Å². The number of carbonyl (C=O) groups is 1. The number of aromatic nitrogens is 2. The molecule has 0 unspecified atom stereocenters. The SMILES string of the molecule is O=C(O)CSc1nc(-c2ccccc2)nc2c1Cc1ccccc1O2. The summed E-state index contributed by atoms with van der Waals surface area (Å²) in [5.74, 6) is 0.879. The smallest absolute Gasteiger partial charge is 0.313 e. The number of ether oxygens (including phenoxy) is 1. The van der Waals surface area contributed by atoms with E-state index < -0.39 is 5.97 Å². The second-order valence-electron chi connectivity index (χ2n) is 5.57. The van der Waals surface area contributed by atoms with Crippen LogP contribution < -0.4 is 4.74 Å². The van der Waals surface area contributed by atoms with E-state index in [1.165, 1.54) is 11.8 Å².